The van der Waals surface area contributed by atoms with Crippen molar-refractivity contribution >= 4 is 5.69 Å². The van der Waals surface area contributed by atoms with Gasteiger partial charge in [0.1, 0.15) is 0 Å². The SMILES string of the molecule is [N-]=[N+]=Nc1ccc(CC(N)CN)cc1. The van der Waals surface area contributed by atoms with Crippen molar-refractivity contribution < 1.29 is 0 Å². The lowest BCUT2D eigenvalue weighted by atomic mass is 10.1. The molecular formula is C9H13N5. The Morgan fingerprint density at radius 2 is 2.00 bits per heavy atom. The van der Waals surface area contributed by atoms with E-state index in [-0.39, 0.29) is 6.04 Å². The zero-order valence-corrected chi connectivity index (χ0v) is 7.80. The van der Waals surface area contributed by atoms with Gasteiger partial charge in [0.15, 0.2) is 0 Å². The van der Waals surface area contributed by atoms with Gasteiger partial charge in [0.05, 0.1) is 0 Å². The van der Waals surface area contributed by atoms with Gasteiger partial charge in [-0.15, -0.1) is 0 Å². The molecule has 74 valence electrons. The second kappa shape index (κ2) is 5.24. The van der Waals surface area contributed by atoms with Gasteiger partial charge >= 0.3 is 0 Å². The first kappa shape index (κ1) is 10.5. The van der Waals surface area contributed by atoms with Crippen LogP contribution in [0.25, 0.3) is 10.4 Å². The van der Waals surface area contributed by atoms with E-state index in [1.54, 1.807) is 12.1 Å². The quantitative estimate of drug-likeness (QED) is 0.427. The molecule has 0 heterocycles. The van der Waals surface area contributed by atoms with Gasteiger partial charge in [0.2, 0.25) is 0 Å². The molecule has 0 aromatic heterocycles. The van der Waals surface area contributed by atoms with Crippen LogP contribution >= 0.6 is 0 Å². The molecule has 0 radical (unpaired) electrons. The van der Waals surface area contributed by atoms with Crippen LogP contribution in [0.2, 0.25) is 0 Å². The van der Waals surface area contributed by atoms with Crippen molar-refractivity contribution in [2.75, 3.05) is 6.54 Å². The van der Waals surface area contributed by atoms with E-state index >= 15 is 0 Å². The highest BCUT2D eigenvalue weighted by Crippen LogP contribution is 2.13. The number of hydrogen-bond acceptors (Lipinski definition) is 3. The Balaban J connectivity index is 2.68. The molecule has 0 spiro atoms. The Labute approximate surface area is 82.3 Å². The van der Waals surface area contributed by atoms with Gasteiger partial charge in [-0.2, -0.15) is 0 Å². The lowest BCUT2D eigenvalue weighted by Gasteiger charge is -2.07. The average Bonchev–Trinajstić information content (AvgIpc) is 2.21. The molecule has 0 saturated carbocycles. The maximum Gasteiger partial charge on any atom is 0.0375 e. The smallest absolute Gasteiger partial charge is 0.0375 e. The monoisotopic (exact) mass is 191 g/mol. The summed E-state index contributed by atoms with van der Waals surface area (Å²) in [5.41, 5.74) is 21.0. The third kappa shape index (κ3) is 3.06. The van der Waals surface area contributed by atoms with E-state index in [2.05, 4.69) is 10.0 Å². The minimum Gasteiger partial charge on any atom is -0.329 e. The lowest BCUT2D eigenvalue weighted by molar-refractivity contribution is 0.679. The summed E-state index contributed by atoms with van der Waals surface area (Å²) < 4.78 is 0. The standard InChI is InChI=1S/C9H13N5/c10-6-8(11)5-7-1-3-9(4-2-7)13-14-12/h1-4,8H,5-6,10-11H2. The summed E-state index contributed by atoms with van der Waals surface area (Å²) in [4.78, 5) is 2.69. The molecule has 1 atom stereocenters. The second-order valence-electron chi connectivity index (χ2n) is 3.06. The van der Waals surface area contributed by atoms with E-state index in [1.807, 2.05) is 12.1 Å². The molecule has 1 aromatic carbocycles. The number of nitrogens with two attached hydrogens (primary N) is 2. The topological polar surface area (TPSA) is 101 Å². The number of hydrogen-bond donors (Lipinski definition) is 2. The summed E-state index contributed by atoms with van der Waals surface area (Å²) in [5, 5.41) is 3.47. The van der Waals surface area contributed by atoms with Crippen molar-refractivity contribution in [3.05, 3.63) is 40.3 Å². The maximum absolute atomic E-state index is 8.19. The van der Waals surface area contributed by atoms with Crippen LogP contribution in [0.4, 0.5) is 5.69 Å². The summed E-state index contributed by atoms with van der Waals surface area (Å²) in [7, 11) is 0. The molecule has 0 saturated heterocycles. The minimum atomic E-state index is -0.0136. The molecule has 1 aromatic rings. The van der Waals surface area contributed by atoms with E-state index < -0.39 is 0 Å². The van der Waals surface area contributed by atoms with Gasteiger partial charge in [-0.1, -0.05) is 29.4 Å². The first-order valence-corrected chi connectivity index (χ1v) is 4.36. The summed E-state index contributed by atoms with van der Waals surface area (Å²) in [6.07, 6.45) is 0.743. The lowest BCUT2D eigenvalue weighted by Crippen LogP contribution is -2.31. The second-order valence-corrected chi connectivity index (χ2v) is 3.06. The molecule has 0 aliphatic carbocycles. The van der Waals surface area contributed by atoms with Crippen molar-refractivity contribution in [2.24, 2.45) is 16.6 Å². The van der Waals surface area contributed by atoms with Crippen molar-refractivity contribution in [2.45, 2.75) is 12.5 Å². The van der Waals surface area contributed by atoms with Crippen molar-refractivity contribution in [3.8, 4) is 0 Å². The molecule has 0 fully saturated rings. The summed E-state index contributed by atoms with van der Waals surface area (Å²) in [6.45, 7) is 0.470. The Hall–Kier alpha value is -1.55. The third-order valence-corrected chi connectivity index (χ3v) is 1.90. The van der Waals surface area contributed by atoms with E-state index in [0.717, 1.165) is 12.0 Å². The van der Waals surface area contributed by atoms with E-state index in [4.69, 9.17) is 17.0 Å². The van der Waals surface area contributed by atoms with E-state index in [1.165, 1.54) is 0 Å². The van der Waals surface area contributed by atoms with E-state index in [9.17, 15) is 0 Å². The summed E-state index contributed by atoms with van der Waals surface area (Å²) in [6, 6.07) is 7.29. The zero-order chi connectivity index (χ0) is 10.4. The van der Waals surface area contributed by atoms with Gasteiger partial charge in [0.25, 0.3) is 0 Å². The maximum atomic E-state index is 8.19. The van der Waals surface area contributed by atoms with Crippen LogP contribution in [-0.4, -0.2) is 12.6 Å². The predicted molar refractivity (Wildman–Crippen MR) is 56.0 cm³/mol. The van der Waals surface area contributed by atoms with Gasteiger partial charge < -0.3 is 11.5 Å². The van der Waals surface area contributed by atoms with Crippen molar-refractivity contribution in [1.29, 1.82) is 0 Å². The summed E-state index contributed by atoms with van der Waals surface area (Å²) in [5.74, 6) is 0. The van der Waals surface area contributed by atoms with Crippen LogP contribution in [0.3, 0.4) is 0 Å². The highest BCUT2D eigenvalue weighted by atomic mass is 15.1. The first-order chi connectivity index (χ1) is 6.76. The Kier molecular flexibility index (Phi) is 3.94. The predicted octanol–water partition coefficient (Wildman–Crippen LogP) is 1.46. The number of nitrogens with zero attached hydrogens (tertiary/aromatic N) is 3. The molecule has 0 amide bonds. The minimum absolute atomic E-state index is 0.0136. The average molecular weight is 191 g/mol. The third-order valence-electron chi connectivity index (χ3n) is 1.90. The van der Waals surface area contributed by atoms with Gasteiger partial charge in [-0.05, 0) is 17.5 Å². The van der Waals surface area contributed by atoms with Gasteiger partial charge in [0, 0.05) is 23.2 Å². The molecule has 0 bridgehead atoms. The van der Waals surface area contributed by atoms with Crippen LogP contribution in [0.5, 0.6) is 0 Å². The molecule has 0 aliphatic heterocycles. The fraction of sp³-hybridized carbons (Fsp3) is 0.333. The normalized spacial score (nSPS) is 11.9. The molecule has 1 rings (SSSR count). The molecule has 0 aliphatic rings. The van der Waals surface area contributed by atoms with Crippen molar-refractivity contribution in [3.63, 3.8) is 0 Å². The number of benzene rings is 1. The molecule has 1 unspecified atom stereocenters. The number of azide groups is 1. The molecule has 4 N–H and O–H groups in total. The highest BCUT2D eigenvalue weighted by molar-refractivity contribution is 5.38. The van der Waals surface area contributed by atoms with Crippen LogP contribution in [0.15, 0.2) is 29.4 Å². The Morgan fingerprint density at radius 1 is 1.36 bits per heavy atom. The Bertz CT molecular complexity index is 326. The fourth-order valence-electron chi connectivity index (χ4n) is 1.14. The molecule has 14 heavy (non-hydrogen) atoms. The molecule has 5 nitrogen and oxygen atoms in total. The first-order valence-electron chi connectivity index (χ1n) is 4.36. The Morgan fingerprint density at radius 3 is 2.50 bits per heavy atom. The number of rotatable bonds is 4. The van der Waals surface area contributed by atoms with Crippen LogP contribution in [-0.2, 0) is 6.42 Å². The van der Waals surface area contributed by atoms with Crippen LogP contribution in [0.1, 0.15) is 5.56 Å². The largest absolute Gasteiger partial charge is 0.329 e. The molecule has 5 heteroatoms. The van der Waals surface area contributed by atoms with Crippen molar-refractivity contribution in [1.82, 2.24) is 0 Å². The molecular weight excluding hydrogens is 178 g/mol. The van der Waals surface area contributed by atoms with Crippen LogP contribution in [0, 0.1) is 0 Å². The fourth-order valence-corrected chi connectivity index (χ4v) is 1.14. The van der Waals surface area contributed by atoms with Gasteiger partial charge in [-0.3, -0.25) is 0 Å². The summed E-state index contributed by atoms with van der Waals surface area (Å²) >= 11 is 0. The van der Waals surface area contributed by atoms with E-state index in [0.29, 0.717) is 12.2 Å². The highest BCUT2D eigenvalue weighted by Gasteiger charge is 2.00. The van der Waals surface area contributed by atoms with Gasteiger partial charge in [-0.25, -0.2) is 0 Å². The zero-order valence-electron chi connectivity index (χ0n) is 7.80. The van der Waals surface area contributed by atoms with Crippen LogP contribution < -0.4 is 11.5 Å².